The van der Waals surface area contributed by atoms with Gasteiger partial charge in [-0.1, -0.05) is 120 Å². The van der Waals surface area contributed by atoms with E-state index in [4.69, 9.17) is 9.47 Å². The van der Waals surface area contributed by atoms with Gasteiger partial charge in [-0.25, -0.2) is 0 Å². The largest absolute Gasteiger partial charge is 0.394 e. The minimum atomic E-state index is -1.55. The van der Waals surface area contributed by atoms with Gasteiger partial charge in [0.15, 0.2) is 6.29 Å². The van der Waals surface area contributed by atoms with Crippen molar-refractivity contribution in [1.82, 2.24) is 5.32 Å². The second kappa shape index (κ2) is 29.1. The normalized spacial score (nSPS) is 23.4. The molecule has 1 saturated heterocycles. The highest BCUT2D eigenvalue weighted by Crippen LogP contribution is 2.22. The van der Waals surface area contributed by atoms with Gasteiger partial charge in [-0.15, -0.1) is 0 Å². The van der Waals surface area contributed by atoms with Gasteiger partial charge in [-0.2, -0.15) is 0 Å². The number of amides is 1. The van der Waals surface area contributed by atoms with E-state index in [1.807, 2.05) is 0 Å². The van der Waals surface area contributed by atoms with Crippen LogP contribution in [0.2, 0.25) is 0 Å². The first-order valence-electron chi connectivity index (χ1n) is 18.3. The molecule has 1 heterocycles. The molecule has 1 amide bonds. The fraction of sp³-hybridized carbons (Fsp3) is 0.763. The van der Waals surface area contributed by atoms with E-state index in [1.54, 1.807) is 0 Å². The summed E-state index contributed by atoms with van der Waals surface area (Å²) in [6.45, 7) is 3.51. The summed E-state index contributed by atoms with van der Waals surface area (Å²) in [5.74, 6) is -0.169. The molecule has 0 radical (unpaired) electrons. The lowest BCUT2D eigenvalue weighted by Crippen LogP contribution is -2.60. The molecule has 272 valence electrons. The molecule has 0 aromatic heterocycles. The van der Waals surface area contributed by atoms with Crippen molar-refractivity contribution in [3.63, 3.8) is 0 Å². The molecule has 1 rings (SSSR count). The lowest BCUT2D eigenvalue weighted by molar-refractivity contribution is -0.302. The fourth-order valence-corrected chi connectivity index (χ4v) is 5.44. The Balaban J connectivity index is 2.21. The second-order valence-electron chi connectivity index (χ2n) is 12.6. The number of hydrogen-bond donors (Lipinski definition) is 6. The molecule has 9 heteroatoms. The van der Waals surface area contributed by atoms with Crippen LogP contribution in [0.25, 0.3) is 0 Å². The van der Waals surface area contributed by atoms with E-state index in [-0.39, 0.29) is 12.5 Å². The lowest BCUT2D eigenvalue weighted by atomic mass is 9.99. The van der Waals surface area contributed by atoms with Crippen LogP contribution in [0.5, 0.6) is 0 Å². The molecule has 0 saturated carbocycles. The van der Waals surface area contributed by atoms with Crippen molar-refractivity contribution >= 4 is 5.91 Å². The van der Waals surface area contributed by atoms with Crippen LogP contribution in [0.3, 0.4) is 0 Å². The number of ether oxygens (including phenoxy) is 2. The average molecular weight is 666 g/mol. The van der Waals surface area contributed by atoms with E-state index in [9.17, 15) is 30.3 Å². The molecule has 47 heavy (non-hydrogen) atoms. The van der Waals surface area contributed by atoms with Crippen molar-refractivity contribution < 1.29 is 39.8 Å². The molecule has 1 fully saturated rings. The predicted molar refractivity (Wildman–Crippen MR) is 189 cm³/mol. The molecular weight excluding hydrogens is 598 g/mol. The first kappa shape index (κ1) is 43.2. The van der Waals surface area contributed by atoms with Gasteiger partial charge in [-0.05, 0) is 51.4 Å². The molecule has 0 aromatic rings. The van der Waals surface area contributed by atoms with Crippen molar-refractivity contribution in [3.05, 3.63) is 48.6 Å². The van der Waals surface area contributed by atoms with E-state index in [0.717, 1.165) is 77.0 Å². The highest BCUT2D eigenvalue weighted by atomic mass is 16.7. The highest BCUT2D eigenvalue weighted by molar-refractivity contribution is 5.76. The summed E-state index contributed by atoms with van der Waals surface area (Å²) in [7, 11) is 0. The summed E-state index contributed by atoms with van der Waals surface area (Å²) in [4.78, 5) is 12.7. The van der Waals surface area contributed by atoms with Crippen LogP contribution in [-0.4, -0.2) is 87.5 Å². The first-order valence-corrected chi connectivity index (χ1v) is 18.3. The maximum atomic E-state index is 12.7. The molecule has 0 aromatic carbocycles. The van der Waals surface area contributed by atoms with Gasteiger partial charge < -0.3 is 40.3 Å². The SMILES string of the molecule is CC/C=C\C/C=C\C/C=C\C/C=C\CCCCCCCCCCC(=O)NC(COC1OC(CO)C(O)C(O)C1O)C(O)CCCCC. The number of carbonyl (C=O) groups is 1. The van der Waals surface area contributed by atoms with Crippen LogP contribution in [0.4, 0.5) is 0 Å². The number of aliphatic hydroxyl groups excluding tert-OH is 5. The number of allylic oxidation sites excluding steroid dienone is 8. The third-order valence-electron chi connectivity index (χ3n) is 8.45. The van der Waals surface area contributed by atoms with Gasteiger partial charge in [0.25, 0.3) is 0 Å². The third-order valence-corrected chi connectivity index (χ3v) is 8.45. The van der Waals surface area contributed by atoms with E-state index < -0.39 is 49.5 Å². The van der Waals surface area contributed by atoms with Crippen LogP contribution < -0.4 is 5.32 Å². The number of carbonyl (C=O) groups excluding carboxylic acids is 1. The molecular formula is C38H67NO8. The zero-order valence-electron chi connectivity index (χ0n) is 29.3. The topological polar surface area (TPSA) is 149 Å². The number of unbranched alkanes of at least 4 members (excludes halogenated alkanes) is 10. The summed E-state index contributed by atoms with van der Waals surface area (Å²) in [6.07, 6.45) is 27.7. The Morgan fingerprint density at radius 2 is 1.32 bits per heavy atom. The average Bonchev–Trinajstić information content (AvgIpc) is 3.07. The summed E-state index contributed by atoms with van der Waals surface area (Å²) < 4.78 is 11.1. The van der Waals surface area contributed by atoms with Crippen LogP contribution in [0.1, 0.15) is 129 Å². The van der Waals surface area contributed by atoms with E-state index in [1.165, 1.54) is 25.7 Å². The van der Waals surface area contributed by atoms with E-state index in [0.29, 0.717) is 12.8 Å². The Bertz CT molecular complexity index is 874. The van der Waals surface area contributed by atoms with Gasteiger partial charge in [0.05, 0.1) is 25.4 Å². The summed E-state index contributed by atoms with van der Waals surface area (Å²) in [6, 6.07) is -0.719. The molecule has 0 spiro atoms. The second-order valence-corrected chi connectivity index (χ2v) is 12.6. The predicted octanol–water partition coefficient (Wildman–Crippen LogP) is 5.94. The van der Waals surface area contributed by atoms with Crippen molar-refractivity contribution in [2.24, 2.45) is 0 Å². The Morgan fingerprint density at radius 1 is 0.745 bits per heavy atom. The van der Waals surface area contributed by atoms with Crippen LogP contribution in [0, 0.1) is 0 Å². The van der Waals surface area contributed by atoms with Crippen LogP contribution in [-0.2, 0) is 14.3 Å². The lowest BCUT2D eigenvalue weighted by Gasteiger charge is -2.40. The van der Waals surface area contributed by atoms with E-state index in [2.05, 4.69) is 67.8 Å². The number of aliphatic hydroxyl groups is 5. The zero-order chi connectivity index (χ0) is 34.5. The monoisotopic (exact) mass is 665 g/mol. The number of nitrogens with one attached hydrogen (secondary N) is 1. The van der Waals surface area contributed by atoms with Crippen molar-refractivity contribution in [3.8, 4) is 0 Å². The molecule has 0 bridgehead atoms. The molecule has 6 N–H and O–H groups in total. The van der Waals surface area contributed by atoms with Gasteiger partial charge in [0, 0.05) is 6.42 Å². The van der Waals surface area contributed by atoms with Crippen LogP contribution in [0.15, 0.2) is 48.6 Å². The number of hydrogen-bond acceptors (Lipinski definition) is 8. The molecule has 0 aliphatic carbocycles. The molecule has 7 unspecified atom stereocenters. The standard InChI is InChI=1S/C38H67NO8/c1-3-5-7-8-9-10-11-12-13-14-15-16-17-18-19-20-21-22-23-24-26-28-34(42)39-31(32(41)27-25-6-4-2)30-46-38-37(45)36(44)35(43)33(29-40)47-38/h5,7,9-10,12-13,15-16,31-33,35-38,40-41,43-45H,3-4,6,8,11,14,17-30H2,1-2H3,(H,39,42)/b7-5-,10-9-,13-12-,16-15-. The summed E-state index contributed by atoms with van der Waals surface area (Å²) in [5.41, 5.74) is 0. The smallest absolute Gasteiger partial charge is 0.220 e. The molecule has 1 aliphatic heterocycles. The Kier molecular flexibility index (Phi) is 26.7. The summed E-state index contributed by atoms with van der Waals surface area (Å²) >= 11 is 0. The first-order chi connectivity index (χ1) is 22.8. The van der Waals surface area contributed by atoms with Gasteiger partial charge >= 0.3 is 0 Å². The quantitative estimate of drug-likeness (QED) is 0.0445. The minimum Gasteiger partial charge on any atom is -0.394 e. The molecule has 7 atom stereocenters. The van der Waals surface area contributed by atoms with Crippen LogP contribution >= 0.6 is 0 Å². The Hall–Kier alpha value is -1.85. The maximum absolute atomic E-state index is 12.7. The van der Waals surface area contributed by atoms with Gasteiger partial charge in [0.1, 0.15) is 24.4 Å². The Labute approximate surface area is 284 Å². The molecule has 1 aliphatic rings. The highest BCUT2D eigenvalue weighted by Gasteiger charge is 2.44. The summed E-state index contributed by atoms with van der Waals surface area (Å²) in [5, 5.41) is 53.4. The van der Waals surface area contributed by atoms with Crippen molar-refractivity contribution in [2.75, 3.05) is 13.2 Å². The third kappa shape index (κ3) is 21.0. The van der Waals surface area contributed by atoms with E-state index >= 15 is 0 Å². The maximum Gasteiger partial charge on any atom is 0.220 e. The van der Waals surface area contributed by atoms with Crippen molar-refractivity contribution in [1.29, 1.82) is 0 Å². The Morgan fingerprint density at radius 3 is 1.91 bits per heavy atom. The minimum absolute atomic E-state index is 0.149. The van der Waals surface area contributed by atoms with Crippen molar-refractivity contribution in [2.45, 2.75) is 172 Å². The van der Waals surface area contributed by atoms with Gasteiger partial charge in [-0.3, -0.25) is 4.79 Å². The fourth-order valence-electron chi connectivity index (χ4n) is 5.44. The number of rotatable bonds is 28. The van der Waals surface area contributed by atoms with Gasteiger partial charge in [0.2, 0.25) is 5.91 Å². The zero-order valence-corrected chi connectivity index (χ0v) is 29.3. The molecule has 9 nitrogen and oxygen atoms in total.